The van der Waals surface area contributed by atoms with Gasteiger partial charge in [0.25, 0.3) is 5.91 Å². The first-order valence-corrected chi connectivity index (χ1v) is 8.32. The summed E-state index contributed by atoms with van der Waals surface area (Å²) in [6.07, 6.45) is 8.08. The van der Waals surface area contributed by atoms with Gasteiger partial charge in [-0.3, -0.25) is 9.78 Å². The summed E-state index contributed by atoms with van der Waals surface area (Å²) in [6, 6.07) is 7.70. The van der Waals surface area contributed by atoms with Crippen molar-refractivity contribution in [2.45, 2.75) is 32.1 Å². The third-order valence-corrected chi connectivity index (χ3v) is 5.25. The van der Waals surface area contributed by atoms with Gasteiger partial charge in [0.1, 0.15) is 5.69 Å². The number of aromatic nitrogens is 2. The maximum Gasteiger partial charge on any atom is 0.274 e. The third-order valence-electron chi connectivity index (χ3n) is 5.25. The molecule has 1 aliphatic heterocycles. The number of piperidine rings is 1. The summed E-state index contributed by atoms with van der Waals surface area (Å²) < 4.78 is 0. The minimum atomic E-state index is 0.0438. The molecule has 1 amide bonds. The number of nitrogens with zero attached hydrogens (tertiary/aromatic N) is 3. The molecule has 0 N–H and O–H groups in total. The maximum absolute atomic E-state index is 12.7. The zero-order chi connectivity index (χ0) is 14.9. The van der Waals surface area contributed by atoms with E-state index in [1.807, 2.05) is 29.2 Å². The summed E-state index contributed by atoms with van der Waals surface area (Å²) in [5.74, 6) is 1.57. The van der Waals surface area contributed by atoms with Crippen molar-refractivity contribution in [2.75, 3.05) is 13.1 Å². The van der Waals surface area contributed by atoms with E-state index in [1.54, 1.807) is 6.20 Å². The third kappa shape index (κ3) is 2.47. The monoisotopic (exact) mass is 295 g/mol. The highest BCUT2D eigenvalue weighted by atomic mass is 16.2. The van der Waals surface area contributed by atoms with Gasteiger partial charge in [0, 0.05) is 13.1 Å². The second-order valence-electron chi connectivity index (χ2n) is 6.59. The van der Waals surface area contributed by atoms with Crippen LogP contribution in [0, 0.1) is 11.8 Å². The maximum atomic E-state index is 12.7. The molecular formula is C18H21N3O. The average Bonchev–Trinajstić information content (AvgIpc) is 2.60. The summed E-state index contributed by atoms with van der Waals surface area (Å²) in [5, 5.41) is 0. The summed E-state index contributed by atoms with van der Waals surface area (Å²) in [5.41, 5.74) is 2.11. The van der Waals surface area contributed by atoms with Gasteiger partial charge in [-0.2, -0.15) is 0 Å². The van der Waals surface area contributed by atoms with E-state index >= 15 is 0 Å². The lowest BCUT2D eigenvalue weighted by molar-refractivity contribution is 0.0515. The summed E-state index contributed by atoms with van der Waals surface area (Å²) in [4.78, 5) is 23.6. The van der Waals surface area contributed by atoms with Gasteiger partial charge in [0.2, 0.25) is 0 Å². The molecule has 1 saturated carbocycles. The predicted octanol–water partition coefficient (Wildman–Crippen LogP) is 3.28. The van der Waals surface area contributed by atoms with Crippen LogP contribution < -0.4 is 0 Å². The van der Waals surface area contributed by atoms with Gasteiger partial charge >= 0.3 is 0 Å². The first-order chi connectivity index (χ1) is 10.8. The van der Waals surface area contributed by atoms with Gasteiger partial charge in [-0.25, -0.2) is 4.98 Å². The average molecular weight is 295 g/mol. The van der Waals surface area contributed by atoms with Crippen molar-refractivity contribution in [3.8, 4) is 0 Å². The van der Waals surface area contributed by atoms with Crippen molar-refractivity contribution in [1.29, 1.82) is 0 Å². The zero-order valence-corrected chi connectivity index (χ0v) is 12.7. The summed E-state index contributed by atoms with van der Waals surface area (Å²) in [7, 11) is 0. The molecule has 0 unspecified atom stereocenters. The van der Waals surface area contributed by atoms with Crippen LogP contribution in [0.15, 0.2) is 30.5 Å². The molecule has 0 bridgehead atoms. The van der Waals surface area contributed by atoms with Crippen molar-refractivity contribution in [3.05, 3.63) is 36.2 Å². The molecule has 2 aliphatic rings. The van der Waals surface area contributed by atoms with E-state index < -0.39 is 0 Å². The molecule has 2 heterocycles. The van der Waals surface area contributed by atoms with Crippen LogP contribution in [0.5, 0.6) is 0 Å². The molecule has 4 rings (SSSR count). The van der Waals surface area contributed by atoms with E-state index in [1.165, 1.54) is 25.7 Å². The fourth-order valence-electron chi connectivity index (χ4n) is 4.01. The first-order valence-electron chi connectivity index (χ1n) is 8.32. The van der Waals surface area contributed by atoms with E-state index in [0.717, 1.165) is 36.5 Å². The Hall–Kier alpha value is -1.97. The standard InChI is InChI=1S/C18H21N3O/c22-18(17-11-19-15-7-3-4-8-16(15)20-17)21-10-9-13-5-1-2-6-14(13)12-21/h3-4,7-8,11,13-14H,1-2,5-6,9-10,12H2/t13-,14-/m0/s1. The fourth-order valence-corrected chi connectivity index (χ4v) is 4.01. The van der Waals surface area contributed by atoms with Crippen molar-refractivity contribution < 1.29 is 4.79 Å². The van der Waals surface area contributed by atoms with Crippen LogP contribution in [0.3, 0.4) is 0 Å². The zero-order valence-electron chi connectivity index (χ0n) is 12.7. The normalized spacial score (nSPS) is 25.0. The molecule has 22 heavy (non-hydrogen) atoms. The number of fused-ring (bicyclic) bond motifs is 2. The fraction of sp³-hybridized carbons (Fsp3) is 0.500. The molecule has 4 heteroatoms. The van der Waals surface area contributed by atoms with Crippen molar-refractivity contribution >= 4 is 16.9 Å². The van der Waals surface area contributed by atoms with E-state index in [2.05, 4.69) is 9.97 Å². The Labute approximate surface area is 130 Å². The Morgan fingerprint density at radius 2 is 1.82 bits per heavy atom. The quantitative estimate of drug-likeness (QED) is 0.811. The number of hydrogen-bond donors (Lipinski definition) is 0. The van der Waals surface area contributed by atoms with Crippen molar-refractivity contribution in [1.82, 2.24) is 14.9 Å². The summed E-state index contributed by atoms with van der Waals surface area (Å²) >= 11 is 0. The number of likely N-dealkylation sites (tertiary alicyclic amines) is 1. The lowest BCUT2D eigenvalue weighted by Gasteiger charge is -2.41. The van der Waals surface area contributed by atoms with E-state index in [0.29, 0.717) is 11.6 Å². The molecular weight excluding hydrogens is 274 g/mol. The Morgan fingerprint density at radius 1 is 1.05 bits per heavy atom. The number of carbonyl (C=O) groups excluding carboxylic acids is 1. The van der Waals surface area contributed by atoms with Crippen LogP contribution in [0.2, 0.25) is 0 Å². The molecule has 2 fully saturated rings. The second kappa shape index (κ2) is 5.67. The lowest BCUT2D eigenvalue weighted by atomic mass is 9.75. The van der Waals surface area contributed by atoms with E-state index in [-0.39, 0.29) is 5.91 Å². The molecule has 1 aromatic carbocycles. The Kier molecular flexibility index (Phi) is 3.53. The van der Waals surface area contributed by atoms with Crippen LogP contribution in [0.1, 0.15) is 42.6 Å². The van der Waals surface area contributed by atoms with Gasteiger partial charge in [-0.05, 0) is 36.8 Å². The number of hydrogen-bond acceptors (Lipinski definition) is 3. The van der Waals surface area contributed by atoms with Crippen LogP contribution in [-0.2, 0) is 0 Å². The van der Waals surface area contributed by atoms with E-state index in [4.69, 9.17) is 0 Å². The van der Waals surface area contributed by atoms with Gasteiger partial charge in [0.05, 0.1) is 17.2 Å². The number of para-hydroxylation sites is 2. The topological polar surface area (TPSA) is 46.1 Å². The molecule has 0 spiro atoms. The molecule has 1 aromatic heterocycles. The largest absolute Gasteiger partial charge is 0.337 e. The molecule has 1 aliphatic carbocycles. The molecule has 2 aromatic rings. The second-order valence-corrected chi connectivity index (χ2v) is 6.59. The van der Waals surface area contributed by atoms with Crippen molar-refractivity contribution in [2.24, 2.45) is 11.8 Å². The van der Waals surface area contributed by atoms with Crippen LogP contribution in [-0.4, -0.2) is 33.9 Å². The smallest absolute Gasteiger partial charge is 0.274 e. The van der Waals surface area contributed by atoms with Gasteiger partial charge in [-0.15, -0.1) is 0 Å². The SMILES string of the molecule is O=C(c1cnc2ccccc2n1)N1CC[C@@H]2CCCC[C@H]2C1. The van der Waals surface area contributed by atoms with Crippen LogP contribution >= 0.6 is 0 Å². The highest BCUT2D eigenvalue weighted by Crippen LogP contribution is 2.36. The predicted molar refractivity (Wildman–Crippen MR) is 85.5 cm³/mol. The summed E-state index contributed by atoms with van der Waals surface area (Å²) in [6.45, 7) is 1.77. The number of benzene rings is 1. The van der Waals surface area contributed by atoms with Gasteiger partial charge in [-0.1, -0.05) is 31.4 Å². The van der Waals surface area contributed by atoms with Crippen LogP contribution in [0.4, 0.5) is 0 Å². The molecule has 4 nitrogen and oxygen atoms in total. The number of rotatable bonds is 1. The highest BCUT2D eigenvalue weighted by molar-refractivity contribution is 5.93. The van der Waals surface area contributed by atoms with Gasteiger partial charge in [0.15, 0.2) is 0 Å². The Balaban J connectivity index is 1.55. The van der Waals surface area contributed by atoms with E-state index in [9.17, 15) is 4.79 Å². The lowest BCUT2D eigenvalue weighted by Crippen LogP contribution is -2.45. The Morgan fingerprint density at radius 3 is 2.68 bits per heavy atom. The number of amides is 1. The minimum absolute atomic E-state index is 0.0438. The van der Waals surface area contributed by atoms with Gasteiger partial charge < -0.3 is 4.90 Å². The molecule has 0 radical (unpaired) electrons. The molecule has 2 atom stereocenters. The Bertz CT molecular complexity index is 700. The first kappa shape index (κ1) is 13.7. The molecule has 1 saturated heterocycles. The van der Waals surface area contributed by atoms with Crippen molar-refractivity contribution in [3.63, 3.8) is 0 Å². The van der Waals surface area contributed by atoms with Crippen LogP contribution in [0.25, 0.3) is 11.0 Å². The highest BCUT2D eigenvalue weighted by Gasteiger charge is 2.33. The molecule has 114 valence electrons. The number of carbonyl (C=O) groups is 1. The minimum Gasteiger partial charge on any atom is -0.337 e.